The van der Waals surface area contributed by atoms with Crippen molar-refractivity contribution in [2.45, 2.75) is 25.8 Å². The fourth-order valence-electron chi connectivity index (χ4n) is 5.13. The third-order valence-corrected chi connectivity index (χ3v) is 8.06. The Bertz CT molecular complexity index is 1630. The number of hydrogen-bond donors (Lipinski definition) is 3. The second-order valence-corrected chi connectivity index (χ2v) is 11.3. The minimum Gasteiger partial charge on any atom is -0.383 e. The van der Waals surface area contributed by atoms with E-state index in [1.165, 1.54) is 5.56 Å². The molecule has 6 rings (SSSR count). The Labute approximate surface area is 252 Å². The van der Waals surface area contributed by atoms with Crippen LogP contribution < -0.4 is 16.4 Å². The Hall–Kier alpha value is -4.78. The Morgan fingerprint density at radius 1 is 0.953 bits per heavy atom. The van der Waals surface area contributed by atoms with E-state index in [1.807, 2.05) is 24.3 Å². The molecule has 3 heterocycles. The number of nitrogen functional groups attached to an aromatic ring is 1. The summed E-state index contributed by atoms with van der Waals surface area (Å²) in [5.41, 5.74) is 12.4. The fourth-order valence-corrected chi connectivity index (χ4v) is 5.13. The third kappa shape index (κ3) is 7.36. The van der Waals surface area contributed by atoms with Gasteiger partial charge in [-0.25, -0.2) is 9.97 Å². The molecule has 43 heavy (non-hydrogen) atoms. The number of amides is 1. The maximum absolute atomic E-state index is 12.2. The summed E-state index contributed by atoms with van der Waals surface area (Å²) < 4.78 is 0. The van der Waals surface area contributed by atoms with Crippen molar-refractivity contribution < 1.29 is 4.79 Å². The topological polar surface area (TPSA) is 112 Å². The number of aromatic nitrogens is 3. The summed E-state index contributed by atoms with van der Waals surface area (Å²) in [5.74, 6) is 7.26. The molecule has 2 aromatic heterocycles. The molecule has 4 N–H and O–H groups in total. The maximum atomic E-state index is 12.2. The number of anilines is 4. The summed E-state index contributed by atoms with van der Waals surface area (Å²) in [6.45, 7) is 5.37. The smallest absolute Gasteiger partial charge is 0.229 e. The lowest BCUT2D eigenvalue weighted by Crippen LogP contribution is -2.43. The van der Waals surface area contributed by atoms with E-state index in [4.69, 9.17) is 5.73 Å². The standard InChI is InChI=1S/C34H36N8O/c1-41-17-19-42(20-18-41)23-25-5-10-26(11-6-25)31-22-37-34(40-32(31)35)39-28-12-7-24(8-13-28)9-14-29-21-30(15-16-36-29)38-33(43)27-3-2-4-27/h5-8,10-13,15-16,21-22,27H,2-4,17-20,23H2,1H3,(H,36,38,43)(H3,35,37,39,40). The summed E-state index contributed by atoms with van der Waals surface area (Å²) in [5, 5.41) is 6.18. The quantitative estimate of drug-likeness (QED) is 0.272. The number of rotatable bonds is 7. The second-order valence-electron chi connectivity index (χ2n) is 11.3. The lowest BCUT2D eigenvalue weighted by atomic mass is 9.85. The van der Waals surface area contributed by atoms with Crippen LogP contribution in [0, 0.1) is 17.8 Å². The highest BCUT2D eigenvalue weighted by molar-refractivity contribution is 5.93. The summed E-state index contributed by atoms with van der Waals surface area (Å²) in [6.07, 6.45) is 6.47. The molecule has 1 aliphatic heterocycles. The van der Waals surface area contributed by atoms with E-state index in [2.05, 4.69) is 78.5 Å². The van der Waals surface area contributed by atoms with Crippen LogP contribution in [0.4, 0.5) is 23.1 Å². The van der Waals surface area contributed by atoms with Gasteiger partial charge in [-0.05, 0) is 73.3 Å². The molecular weight excluding hydrogens is 536 g/mol. The highest BCUT2D eigenvalue weighted by atomic mass is 16.1. The van der Waals surface area contributed by atoms with Gasteiger partial charge in [0.1, 0.15) is 11.5 Å². The van der Waals surface area contributed by atoms with Gasteiger partial charge in [-0.1, -0.05) is 36.6 Å². The average molecular weight is 573 g/mol. The normalized spacial score (nSPS) is 15.7. The van der Waals surface area contributed by atoms with Crippen molar-refractivity contribution in [2.24, 2.45) is 5.92 Å². The van der Waals surface area contributed by atoms with Gasteiger partial charge in [0.15, 0.2) is 0 Å². The van der Waals surface area contributed by atoms with Crippen molar-refractivity contribution in [3.05, 3.63) is 89.9 Å². The highest BCUT2D eigenvalue weighted by Crippen LogP contribution is 2.28. The number of pyridine rings is 1. The van der Waals surface area contributed by atoms with E-state index in [1.54, 1.807) is 24.5 Å². The van der Waals surface area contributed by atoms with E-state index in [-0.39, 0.29) is 11.8 Å². The molecular formula is C34H36N8O. The second kappa shape index (κ2) is 13.0. The number of nitrogens with zero attached hydrogens (tertiary/aromatic N) is 5. The predicted molar refractivity (Wildman–Crippen MR) is 171 cm³/mol. The van der Waals surface area contributed by atoms with Gasteiger partial charge in [0.05, 0.1) is 0 Å². The van der Waals surface area contributed by atoms with Crippen molar-refractivity contribution in [3.63, 3.8) is 0 Å². The summed E-state index contributed by atoms with van der Waals surface area (Å²) in [4.78, 5) is 30.4. The van der Waals surface area contributed by atoms with E-state index >= 15 is 0 Å². The number of carbonyl (C=O) groups is 1. The summed E-state index contributed by atoms with van der Waals surface area (Å²) in [6, 6.07) is 19.7. The number of nitrogens with two attached hydrogens (primary N) is 1. The van der Waals surface area contributed by atoms with Gasteiger partial charge in [-0.3, -0.25) is 9.69 Å². The number of benzene rings is 2. The Morgan fingerprint density at radius 3 is 2.42 bits per heavy atom. The van der Waals surface area contributed by atoms with Crippen molar-refractivity contribution in [3.8, 4) is 23.0 Å². The predicted octanol–water partition coefficient (Wildman–Crippen LogP) is 4.75. The zero-order valence-corrected chi connectivity index (χ0v) is 24.4. The molecule has 9 nitrogen and oxygen atoms in total. The van der Waals surface area contributed by atoms with Crippen molar-refractivity contribution >= 4 is 29.0 Å². The first-order valence-electron chi connectivity index (χ1n) is 14.8. The fraction of sp³-hybridized carbons (Fsp3) is 0.294. The first-order valence-corrected chi connectivity index (χ1v) is 14.8. The van der Waals surface area contributed by atoms with Gasteiger partial charge >= 0.3 is 0 Å². The first kappa shape index (κ1) is 28.3. The van der Waals surface area contributed by atoms with Crippen LogP contribution in [0.5, 0.6) is 0 Å². The lowest BCUT2D eigenvalue weighted by Gasteiger charge is -2.32. The zero-order chi connectivity index (χ0) is 29.6. The van der Waals surface area contributed by atoms with Gasteiger partial charge in [0.25, 0.3) is 0 Å². The van der Waals surface area contributed by atoms with Crippen molar-refractivity contribution in [2.75, 3.05) is 49.6 Å². The molecule has 9 heteroatoms. The van der Waals surface area contributed by atoms with Gasteiger partial charge in [-0.15, -0.1) is 0 Å². The Kier molecular flexibility index (Phi) is 8.59. The molecule has 1 saturated carbocycles. The van der Waals surface area contributed by atoms with Crippen LogP contribution in [-0.4, -0.2) is 63.9 Å². The number of likely N-dealkylation sites (N-methyl/N-ethyl adjacent to an activating group) is 1. The zero-order valence-electron chi connectivity index (χ0n) is 24.4. The third-order valence-electron chi connectivity index (χ3n) is 8.06. The number of nitrogens with one attached hydrogen (secondary N) is 2. The van der Waals surface area contributed by atoms with Crippen LogP contribution in [0.3, 0.4) is 0 Å². The molecule has 0 radical (unpaired) electrons. The summed E-state index contributed by atoms with van der Waals surface area (Å²) >= 11 is 0. The number of hydrogen-bond acceptors (Lipinski definition) is 8. The molecule has 2 fully saturated rings. The minimum atomic E-state index is 0.0747. The van der Waals surface area contributed by atoms with Crippen LogP contribution in [0.1, 0.15) is 36.1 Å². The Balaban J connectivity index is 1.05. The van der Waals surface area contributed by atoms with E-state index in [9.17, 15) is 4.79 Å². The van der Waals surface area contributed by atoms with Gasteiger partial charge in [0, 0.05) is 73.5 Å². The molecule has 0 spiro atoms. The first-order chi connectivity index (χ1) is 21.0. The van der Waals surface area contributed by atoms with Crippen LogP contribution >= 0.6 is 0 Å². The highest BCUT2D eigenvalue weighted by Gasteiger charge is 2.25. The minimum absolute atomic E-state index is 0.0747. The molecule has 218 valence electrons. The molecule has 0 atom stereocenters. The van der Waals surface area contributed by atoms with Gasteiger partial charge in [-0.2, -0.15) is 4.98 Å². The SMILES string of the molecule is CN1CCN(Cc2ccc(-c3cnc(Nc4ccc(C#Cc5cc(NC(=O)C6CCC6)ccn5)cc4)nc3N)cc2)CC1. The molecule has 0 bridgehead atoms. The van der Waals surface area contributed by atoms with Crippen molar-refractivity contribution in [1.82, 2.24) is 24.8 Å². The van der Waals surface area contributed by atoms with E-state index in [0.717, 1.165) is 80.1 Å². The van der Waals surface area contributed by atoms with Gasteiger partial charge < -0.3 is 21.3 Å². The largest absolute Gasteiger partial charge is 0.383 e. The number of piperazine rings is 1. The molecule has 0 unspecified atom stereocenters. The monoisotopic (exact) mass is 572 g/mol. The molecule has 4 aromatic rings. The average Bonchev–Trinajstić information content (AvgIpc) is 2.98. The van der Waals surface area contributed by atoms with Crippen LogP contribution in [0.15, 0.2) is 73.1 Å². The molecule has 2 aromatic carbocycles. The van der Waals surface area contributed by atoms with Crippen LogP contribution in [-0.2, 0) is 11.3 Å². The van der Waals surface area contributed by atoms with E-state index < -0.39 is 0 Å². The van der Waals surface area contributed by atoms with Crippen molar-refractivity contribution in [1.29, 1.82) is 0 Å². The van der Waals surface area contributed by atoms with Crippen LogP contribution in [0.25, 0.3) is 11.1 Å². The maximum Gasteiger partial charge on any atom is 0.229 e. The molecule has 1 saturated heterocycles. The molecule has 1 aliphatic carbocycles. The van der Waals surface area contributed by atoms with E-state index in [0.29, 0.717) is 17.5 Å². The lowest BCUT2D eigenvalue weighted by molar-refractivity contribution is -0.122. The summed E-state index contributed by atoms with van der Waals surface area (Å²) in [7, 11) is 2.17. The molecule has 1 amide bonds. The Morgan fingerprint density at radius 2 is 1.72 bits per heavy atom. The van der Waals surface area contributed by atoms with Gasteiger partial charge in [0.2, 0.25) is 11.9 Å². The number of carbonyl (C=O) groups excluding carboxylic acids is 1. The van der Waals surface area contributed by atoms with Crippen LogP contribution in [0.2, 0.25) is 0 Å². The molecule has 2 aliphatic rings.